The molecule has 0 aromatic rings. The Balaban J connectivity index is 0.00000324. The topological polar surface area (TPSA) is 3.24 Å². The smallest absolute Gasteiger partial charge is 0.0349 e. The van der Waals surface area contributed by atoms with Gasteiger partial charge in [0.05, 0.1) is 0 Å². The summed E-state index contributed by atoms with van der Waals surface area (Å²) in [5.41, 5.74) is 0. The third-order valence-corrected chi connectivity index (χ3v) is 4.34. The first-order chi connectivity index (χ1) is 8.35. The van der Waals surface area contributed by atoms with Gasteiger partial charge in [-0.25, -0.2) is 0 Å². The summed E-state index contributed by atoms with van der Waals surface area (Å²) < 4.78 is 0. The van der Waals surface area contributed by atoms with Crippen molar-refractivity contribution in [2.45, 2.75) is 58.2 Å². The van der Waals surface area contributed by atoms with Crippen LogP contribution in [0.1, 0.15) is 52.9 Å². The van der Waals surface area contributed by atoms with Gasteiger partial charge in [0.15, 0.2) is 0 Å². The number of hydrogen-bond acceptors (Lipinski definition) is 1. The summed E-state index contributed by atoms with van der Waals surface area (Å²) in [6.07, 6.45) is 5.80. The standard InChI is InChI=1S/C16H30BN.Y/c1-6-7-13(2)10-15-12-18(5)9-8-14(3)11-16(15,4)17;/h13-14H,1,6-12H2,2-5H3;/q-2;. The Labute approximate surface area is 148 Å². The molecule has 0 bridgehead atoms. The summed E-state index contributed by atoms with van der Waals surface area (Å²) in [5, 5.41) is -0.0937. The molecular formula is C16H30BNY-2. The minimum Gasteiger partial charge on any atom is -0.343 e. The fourth-order valence-electron chi connectivity index (χ4n) is 3.17. The fraction of sp³-hybridized carbons (Fsp3) is 0.875. The Hall–Kier alpha value is 1.13. The molecule has 0 amide bonds. The van der Waals surface area contributed by atoms with E-state index < -0.39 is 0 Å². The second-order valence-corrected chi connectivity index (χ2v) is 6.81. The van der Waals surface area contributed by atoms with Gasteiger partial charge in [-0.05, 0) is 25.9 Å². The molecule has 0 spiro atoms. The Morgan fingerprint density at radius 1 is 1.53 bits per heavy atom. The molecule has 1 nitrogen and oxygen atoms in total. The average Bonchev–Trinajstić information content (AvgIpc) is 2.24. The Bertz CT molecular complexity index is 245. The van der Waals surface area contributed by atoms with Crippen molar-refractivity contribution >= 4 is 7.85 Å². The van der Waals surface area contributed by atoms with Crippen LogP contribution in [0.25, 0.3) is 0 Å². The van der Waals surface area contributed by atoms with Gasteiger partial charge in [0, 0.05) is 40.6 Å². The van der Waals surface area contributed by atoms with Gasteiger partial charge in [-0.2, -0.15) is 18.2 Å². The van der Waals surface area contributed by atoms with Crippen LogP contribution in [-0.2, 0) is 32.7 Å². The monoisotopic (exact) mass is 336 g/mol. The van der Waals surface area contributed by atoms with Crippen LogP contribution in [-0.4, -0.2) is 32.9 Å². The predicted octanol–water partition coefficient (Wildman–Crippen LogP) is 3.91. The summed E-state index contributed by atoms with van der Waals surface area (Å²) in [6.45, 7) is 13.1. The summed E-state index contributed by atoms with van der Waals surface area (Å²) in [5.74, 6) is 2.97. The van der Waals surface area contributed by atoms with Crippen molar-refractivity contribution in [2.75, 3.05) is 20.1 Å². The molecule has 1 heterocycles. The molecule has 1 aliphatic rings. The maximum Gasteiger partial charge on any atom is 0.0349 e. The normalized spacial score (nSPS) is 32.2. The third-order valence-electron chi connectivity index (χ3n) is 4.34. The molecule has 0 saturated carbocycles. The second-order valence-electron chi connectivity index (χ2n) is 6.81. The summed E-state index contributed by atoms with van der Waals surface area (Å²) in [7, 11) is 8.83. The molecule has 0 aromatic heterocycles. The molecule has 3 heteroatoms. The third kappa shape index (κ3) is 7.09. The van der Waals surface area contributed by atoms with Crippen molar-refractivity contribution in [3.63, 3.8) is 0 Å². The van der Waals surface area contributed by atoms with Gasteiger partial charge < -0.3 is 17.7 Å². The molecular weight excluding hydrogens is 306 g/mol. The van der Waals surface area contributed by atoms with Crippen molar-refractivity contribution in [2.24, 2.45) is 11.8 Å². The molecule has 1 saturated heterocycles. The van der Waals surface area contributed by atoms with Crippen molar-refractivity contribution in [3.8, 4) is 0 Å². The van der Waals surface area contributed by atoms with Gasteiger partial charge in [-0.15, -0.1) is 6.54 Å². The molecule has 3 atom stereocenters. The molecule has 1 rings (SSSR count). The summed E-state index contributed by atoms with van der Waals surface area (Å²) in [4.78, 5) is 2.44. The maximum absolute atomic E-state index is 6.61. The maximum atomic E-state index is 6.61. The van der Waals surface area contributed by atoms with Crippen molar-refractivity contribution < 1.29 is 32.7 Å². The number of rotatable bonds is 4. The van der Waals surface area contributed by atoms with Gasteiger partial charge in [0.25, 0.3) is 0 Å². The second kappa shape index (κ2) is 9.21. The van der Waals surface area contributed by atoms with Gasteiger partial charge >= 0.3 is 0 Å². The SMILES string of the molecule is [B]C1(C)CC(C)CCN(C)C[C-]1CC(C)CC[CH2-].[Y]. The van der Waals surface area contributed by atoms with Crippen LogP contribution in [0.15, 0.2) is 0 Å². The number of nitrogens with zero attached hydrogens (tertiary/aromatic N) is 1. The number of hydrogen-bond donors (Lipinski definition) is 0. The van der Waals surface area contributed by atoms with Crippen LogP contribution in [0.4, 0.5) is 0 Å². The van der Waals surface area contributed by atoms with Gasteiger partial charge in [-0.1, -0.05) is 39.5 Å². The summed E-state index contributed by atoms with van der Waals surface area (Å²) in [6, 6.07) is 0. The first-order valence-corrected chi connectivity index (χ1v) is 7.47. The zero-order chi connectivity index (χ0) is 13.8. The molecule has 107 valence electrons. The first kappa shape index (κ1) is 20.1. The Morgan fingerprint density at radius 3 is 2.74 bits per heavy atom. The molecule has 3 unspecified atom stereocenters. The van der Waals surface area contributed by atoms with Crippen LogP contribution >= 0.6 is 0 Å². The quantitative estimate of drug-likeness (QED) is 0.556. The van der Waals surface area contributed by atoms with Gasteiger partial charge in [0.2, 0.25) is 0 Å². The Kier molecular flexibility index (Phi) is 9.76. The van der Waals surface area contributed by atoms with Crippen molar-refractivity contribution in [3.05, 3.63) is 12.8 Å². The minimum absolute atomic E-state index is 0. The van der Waals surface area contributed by atoms with E-state index in [2.05, 4.69) is 39.6 Å². The zero-order valence-electron chi connectivity index (χ0n) is 13.4. The van der Waals surface area contributed by atoms with Crippen LogP contribution in [0.2, 0.25) is 5.31 Å². The predicted molar refractivity (Wildman–Crippen MR) is 81.6 cm³/mol. The molecule has 0 aliphatic carbocycles. The molecule has 3 radical (unpaired) electrons. The molecule has 19 heavy (non-hydrogen) atoms. The van der Waals surface area contributed by atoms with E-state index in [0.717, 1.165) is 25.3 Å². The minimum atomic E-state index is -0.0937. The van der Waals surface area contributed by atoms with E-state index in [9.17, 15) is 0 Å². The van der Waals surface area contributed by atoms with Gasteiger partial charge in [-0.3, -0.25) is 0 Å². The van der Waals surface area contributed by atoms with Crippen LogP contribution in [0.5, 0.6) is 0 Å². The van der Waals surface area contributed by atoms with E-state index in [1.807, 2.05) is 0 Å². The molecule has 1 aliphatic heterocycles. The number of likely N-dealkylation sites (tertiary alicyclic amines) is 1. The van der Waals surface area contributed by atoms with Crippen LogP contribution in [0.3, 0.4) is 0 Å². The van der Waals surface area contributed by atoms with E-state index in [-0.39, 0.29) is 38.0 Å². The molecule has 0 N–H and O–H groups in total. The van der Waals surface area contributed by atoms with Crippen LogP contribution < -0.4 is 0 Å². The van der Waals surface area contributed by atoms with E-state index in [0.29, 0.717) is 5.92 Å². The first-order valence-electron chi connectivity index (χ1n) is 7.47. The molecule has 1 fully saturated rings. The van der Waals surface area contributed by atoms with Crippen molar-refractivity contribution in [1.29, 1.82) is 0 Å². The van der Waals surface area contributed by atoms with E-state index in [1.54, 1.807) is 0 Å². The van der Waals surface area contributed by atoms with E-state index in [4.69, 9.17) is 7.85 Å². The van der Waals surface area contributed by atoms with E-state index in [1.165, 1.54) is 31.7 Å². The zero-order valence-corrected chi connectivity index (χ0v) is 16.3. The fourth-order valence-corrected chi connectivity index (χ4v) is 3.17. The molecule has 0 aromatic carbocycles. The van der Waals surface area contributed by atoms with E-state index >= 15 is 0 Å². The largest absolute Gasteiger partial charge is 0.343 e. The van der Waals surface area contributed by atoms with Crippen LogP contribution in [0, 0.1) is 24.7 Å². The average molecular weight is 336 g/mol. The Morgan fingerprint density at radius 2 is 2.16 bits per heavy atom. The van der Waals surface area contributed by atoms with Crippen molar-refractivity contribution in [1.82, 2.24) is 4.90 Å². The van der Waals surface area contributed by atoms with Gasteiger partial charge in [0.1, 0.15) is 0 Å². The summed E-state index contributed by atoms with van der Waals surface area (Å²) >= 11 is 0.